The quantitative estimate of drug-likeness (QED) is 0.833. The number of nitrogens with one attached hydrogen (secondary N) is 1. The number of carbonyl (C=O) groups is 1. The Balaban J connectivity index is 2.41. The summed E-state index contributed by atoms with van der Waals surface area (Å²) in [5.74, 6) is -0.247. The smallest absolute Gasteiger partial charge is 0.271 e. The predicted octanol–water partition coefficient (Wildman–Crippen LogP) is 2.81. The predicted molar refractivity (Wildman–Crippen MR) is 89.3 cm³/mol. The number of hydrogen-bond donors (Lipinski definition) is 2. The Kier molecular flexibility index (Phi) is 4.53. The summed E-state index contributed by atoms with van der Waals surface area (Å²) in [5, 5.41) is 4.77. The van der Waals surface area contributed by atoms with Gasteiger partial charge in [0.05, 0.1) is 10.5 Å². The van der Waals surface area contributed by atoms with Crippen molar-refractivity contribution in [2.45, 2.75) is 32.2 Å². The van der Waals surface area contributed by atoms with Crippen LogP contribution in [0, 0.1) is 0 Å². The van der Waals surface area contributed by atoms with Crippen molar-refractivity contribution in [3.63, 3.8) is 0 Å². The fraction of sp³-hybridized carbons (Fsp3) is 0.312. The number of fused-ring (bicyclic) bond motifs is 1. The van der Waals surface area contributed by atoms with Gasteiger partial charge in [-0.25, -0.2) is 0 Å². The summed E-state index contributed by atoms with van der Waals surface area (Å²) >= 11 is 5.13. The van der Waals surface area contributed by atoms with Crippen molar-refractivity contribution in [1.29, 1.82) is 0 Å². The summed E-state index contributed by atoms with van der Waals surface area (Å²) in [6.07, 6.45) is 2.93. The molecule has 0 aliphatic rings. The fourth-order valence-electron chi connectivity index (χ4n) is 2.41. The van der Waals surface area contributed by atoms with Gasteiger partial charge in [0.1, 0.15) is 5.69 Å². The summed E-state index contributed by atoms with van der Waals surface area (Å²) in [7, 11) is 0. The van der Waals surface area contributed by atoms with E-state index in [1.54, 1.807) is 6.20 Å². The first kappa shape index (κ1) is 15.4. The summed E-state index contributed by atoms with van der Waals surface area (Å²) in [6.45, 7) is 3.92. The highest BCUT2D eigenvalue weighted by atomic mass is 32.1. The molecule has 5 heteroatoms. The molecule has 2 aromatic rings. The number of pyridine rings is 1. The van der Waals surface area contributed by atoms with E-state index < -0.39 is 5.54 Å². The van der Waals surface area contributed by atoms with E-state index in [2.05, 4.69) is 10.3 Å². The Bertz CT molecular complexity index is 675. The number of thiocarbonyl (C=S) groups is 1. The zero-order valence-corrected chi connectivity index (χ0v) is 13.0. The van der Waals surface area contributed by atoms with Gasteiger partial charge in [-0.1, -0.05) is 50.3 Å². The van der Waals surface area contributed by atoms with Gasteiger partial charge < -0.3 is 11.1 Å². The molecule has 0 saturated carbocycles. The van der Waals surface area contributed by atoms with Gasteiger partial charge in [-0.3, -0.25) is 9.78 Å². The fourth-order valence-corrected chi connectivity index (χ4v) is 2.75. The van der Waals surface area contributed by atoms with Crippen LogP contribution in [-0.2, 0) is 0 Å². The van der Waals surface area contributed by atoms with Gasteiger partial charge in [0.25, 0.3) is 5.91 Å². The van der Waals surface area contributed by atoms with Crippen molar-refractivity contribution >= 4 is 33.9 Å². The molecule has 110 valence electrons. The first-order valence-corrected chi connectivity index (χ1v) is 7.41. The van der Waals surface area contributed by atoms with Gasteiger partial charge in [-0.05, 0) is 24.3 Å². The minimum atomic E-state index is -0.662. The Hall–Kier alpha value is -2.01. The van der Waals surface area contributed by atoms with Crippen LogP contribution in [-0.4, -0.2) is 21.4 Å². The van der Waals surface area contributed by atoms with E-state index >= 15 is 0 Å². The number of nitrogens with two attached hydrogens (primary N) is 1. The number of aromatic nitrogens is 1. The number of rotatable bonds is 5. The largest absolute Gasteiger partial charge is 0.391 e. The molecule has 0 spiro atoms. The van der Waals surface area contributed by atoms with Crippen LogP contribution in [0.15, 0.2) is 36.5 Å². The molecule has 1 amide bonds. The van der Waals surface area contributed by atoms with Gasteiger partial charge in [0, 0.05) is 11.6 Å². The highest BCUT2D eigenvalue weighted by molar-refractivity contribution is 7.80. The third kappa shape index (κ3) is 2.88. The SMILES string of the molecule is CCC(CC)(NC(=O)c1nccc2ccccc12)C(N)=S. The Labute approximate surface area is 129 Å². The van der Waals surface area contributed by atoms with Crippen LogP contribution < -0.4 is 11.1 Å². The second-order valence-electron chi connectivity index (χ2n) is 4.99. The van der Waals surface area contributed by atoms with Gasteiger partial charge in [0.2, 0.25) is 0 Å². The lowest BCUT2D eigenvalue weighted by Gasteiger charge is -2.31. The minimum absolute atomic E-state index is 0.247. The maximum Gasteiger partial charge on any atom is 0.271 e. The van der Waals surface area contributed by atoms with Gasteiger partial charge in [-0.15, -0.1) is 0 Å². The van der Waals surface area contributed by atoms with Crippen LogP contribution in [0.25, 0.3) is 10.8 Å². The number of hydrogen-bond acceptors (Lipinski definition) is 3. The standard InChI is InChI=1S/C16H19N3OS/c1-3-16(4-2,15(17)21)19-14(20)13-12-8-6-5-7-11(12)9-10-18-13/h5-10H,3-4H2,1-2H3,(H2,17,21)(H,19,20). The zero-order valence-electron chi connectivity index (χ0n) is 12.2. The third-order valence-corrected chi connectivity index (χ3v) is 4.31. The van der Waals surface area contributed by atoms with Gasteiger partial charge >= 0.3 is 0 Å². The highest BCUT2D eigenvalue weighted by Gasteiger charge is 2.32. The molecule has 0 radical (unpaired) electrons. The molecule has 1 aromatic carbocycles. The molecule has 0 saturated heterocycles. The lowest BCUT2D eigenvalue weighted by atomic mass is 9.92. The van der Waals surface area contributed by atoms with Crippen molar-refractivity contribution in [1.82, 2.24) is 10.3 Å². The van der Waals surface area contributed by atoms with Crippen LogP contribution in [0.2, 0.25) is 0 Å². The summed E-state index contributed by atoms with van der Waals surface area (Å²) in [5.41, 5.74) is 5.57. The molecule has 21 heavy (non-hydrogen) atoms. The molecule has 1 aromatic heterocycles. The van der Waals surface area contributed by atoms with E-state index in [-0.39, 0.29) is 5.91 Å². The monoisotopic (exact) mass is 301 g/mol. The Morgan fingerprint density at radius 2 is 1.95 bits per heavy atom. The highest BCUT2D eigenvalue weighted by Crippen LogP contribution is 2.20. The number of nitrogens with zero attached hydrogens (tertiary/aromatic N) is 1. The van der Waals surface area contributed by atoms with Crippen LogP contribution >= 0.6 is 12.2 Å². The molecule has 4 nitrogen and oxygen atoms in total. The summed E-state index contributed by atoms with van der Waals surface area (Å²) < 4.78 is 0. The summed E-state index contributed by atoms with van der Waals surface area (Å²) in [4.78, 5) is 17.1. The molecule has 0 bridgehead atoms. The van der Waals surface area contributed by atoms with Crippen molar-refractivity contribution in [2.75, 3.05) is 0 Å². The van der Waals surface area contributed by atoms with E-state index in [0.29, 0.717) is 23.5 Å². The van der Waals surface area contributed by atoms with E-state index in [4.69, 9.17) is 18.0 Å². The molecule has 0 aliphatic heterocycles. The van der Waals surface area contributed by atoms with Crippen LogP contribution in [0.3, 0.4) is 0 Å². The molecule has 3 N–H and O–H groups in total. The van der Waals surface area contributed by atoms with Crippen LogP contribution in [0.5, 0.6) is 0 Å². The average Bonchev–Trinajstić information content (AvgIpc) is 2.51. The molecular formula is C16H19N3OS. The first-order valence-electron chi connectivity index (χ1n) is 7.00. The van der Waals surface area contributed by atoms with Gasteiger partial charge in [-0.2, -0.15) is 0 Å². The second kappa shape index (κ2) is 6.18. The van der Waals surface area contributed by atoms with Gasteiger partial charge in [0.15, 0.2) is 0 Å². The lowest BCUT2D eigenvalue weighted by molar-refractivity contribution is 0.0916. The van der Waals surface area contributed by atoms with E-state index in [1.165, 1.54) is 0 Å². The van der Waals surface area contributed by atoms with Crippen molar-refractivity contribution in [3.05, 3.63) is 42.2 Å². The van der Waals surface area contributed by atoms with E-state index in [1.807, 2.05) is 44.2 Å². The van der Waals surface area contributed by atoms with Crippen LogP contribution in [0.4, 0.5) is 0 Å². The maximum absolute atomic E-state index is 12.6. The molecule has 0 aliphatic carbocycles. The third-order valence-electron chi connectivity index (χ3n) is 3.92. The molecule has 0 atom stereocenters. The molecular weight excluding hydrogens is 282 g/mol. The molecule has 1 heterocycles. The maximum atomic E-state index is 12.6. The Morgan fingerprint density at radius 1 is 1.29 bits per heavy atom. The van der Waals surface area contributed by atoms with Crippen molar-refractivity contribution < 1.29 is 4.79 Å². The van der Waals surface area contributed by atoms with E-state index in [0.717, 1.165) is 10.8 Å². The van der Waals surface area contributed by atoms with Crippen molar-refractivity contribution in [2.24, 2.45) is 5.73 Å². The molecule has 0 unspecified atom stereocenters. The topological polar surface area (TPSA) is 68.0 Å². The lowest BCUT2D eigenvalue weighted by Crippen LogP contribution is -2.56. The zero-order chi connectivity index (χ0) is 15.5. The average molecular weight is 301 g/mol. The van der Waals surface area contributed by atoms with Crippen LogP contribution in [0.1, 0.15) is 37.2 Å². The van der Waals surface area contributed by atoms with Crippen molar-refractivity contribution in [3.8, 4) is 0 Å². The number of amides is 1. The molecule has 2 rings (SSSR count). The second-order valence-corrected chi connectivity index (χ2v) is 5.43. The number of carbonyl (C=O) groups excluding carboxylic acids is 1. The van der Waals surface area contributed by atoms with E-state index in [9.17, 15) is 4.79 Å². The summed E-state index contributed by atoms with van der Waals surface area (Å²) in [6, 6.07) is 9.54. The Morgan fingerprint density at radius 3 is 2.57 bits per heavy atom. The molecule has 0 fully saturated rings. The number of benzene rings is 1. The first-order chi connectivity index (χ1) is 10.0. The normalized spacial score (nSPS) is 11.3. The minimum Gasteiger partial charge on any atom is -0.391 e.